The molecule has 4 rings (SSSR count). The molecule has 4 atom stereocenters. The lowest BCUT2D eigenvalue weighted by atomic mass is 9.91. The van der Waals surface area contributed by atoms with Gasteiger partial charge >= 0.3 is 12.2 Å². The van der Waals surface area contributed by atoms with Gasteiger partial charge in [0.2, 0.25) is 0 Å². The van der Waals surface area contributed by atoms with Gasteiger partial charge < -0.3 is 49.3 Å². The number of hydrogen-bond donors (Lipinski definition) is 4. The summed E-state index contributed by atoms with van der Waals surface area (Å²) in [6.07, 6.45) is -4.81. The number of carbonyl (C=O) groups excluding carboxylic acids is 2. The standard InChI is InChI=1S/C38H44N2O10/c1-45-29-15-27(16-30(21-29)46-2)19-33(39-37(43)49-23-25-11-7-5-8-12-25)35(41)36(42)34(20-28-17-31(47-3)22-32(18-28)48-4)40-38(44)50-24-26-13-9-6-10-14-26/h5-18,21-22,33-36,41-42H,19-20,23-24H2,1-4H3,(H,39,43)(H,40,44)/t33-,34-,35+,36+/m1/s1. The van der Waals surface area contributed by atoms with Crippen LogP contribution in [0.5, 0.6) is 23.0 Å². The van der Waals surface area contributed by atoms with Crippen LogP contribution >= 0.6 is 0 Å². The predicted molar refractivity (Wildman–Crippen MR) is 186 cm³/mol. The van der Waals surface area contributed by atoms with E-state index in [2.05, 4.69) is 10.6 Å². The first kappa shape index (κ1) is 37.4. The number of nitrogens with one attached hydrogen (secondary N) is 2. The smallest absolute Gasteiger partial charge is 0.407 e. The van der Waals surface area contributed by atoms with Crippen LogP contribution in [0.4, 0.5) is 9.59 Å². The highest BCUT2D eigenvalue weighted by Gasteiger charge is 2.35. The molecule has 0 bridgehead atoms. The van der Waals surface area contributed by atoms with Gasteiger partial charge in [-0.25, -0.2) is 9.59 Å². The molecule has 12 nitrogen and oxygen atoms in total. The van der Waals surface area contributed by atoms with E-state index in [0.717, 1.165) is 11.1 Å². The van der Waals surface area contributed by atoms with E-state index in [1.54, 1.807) is 36.4 Å². The van der Waals surface area contributed by atoms with Crippen molar-refractivity contribution in [3.63, 3.8) is 0 Å². The summed E-state index contributed by atoms with van der Waals surface area (Å²) in [6, 6.07) is 26.3. The second kappa shape index (κ2) is 18.9. The van der Waals surface area contributed by atoms with Crippen LogP contribution < -0.4 is 29.6 Å². The molecule has 0 aliphatic carbocycles. The van der Waals surface area contributed by atoms with Crippen molar-refractivity contribution >= 4 is 12.2 Å². The van der Waals surface area contributed by atoms with Crippen molar-refractivity contribution in [2.24, 2.45) is 0 Å². The maximum absolute atomic E-state index is 13.1. The summed E-state index contributed by atoms with van der Waals surface area (Å²) in [4.78, 5) is 26.2. The summed E-state index contributed by atoms with van der Waals surface area (Å²) in [5.41, 5.74) is 2.80. The second-order valence-corrected chi connectivity index (χ2v) is 11.5. The lowest BCUT2D eigenvalue weighted by molar-refractivity contribution is -0.0240. The van der Waals surface area contributed by atoms with Crippen LogP contribution in [0.25, 0.3) is 0 Å². The van der Waals surface area contributed by atoms with E-state index in [9.17, 15) is 19.8 Å². The van der Waals surface area contributed by atoms with Crippen molar-refractivity contribution < 1.29 is 48.2 Å². The molecule has 12 heteroatoms. The van der Waals surface area contributed by atoms with Crippen LogP contribution in [0.2, 0.25) is 0 Å². The fourth-order valence-electron chi connectivity index (χ4n) is 5.30. The van der Waals surface area contributed by atoms with Gasteiger partial charge in [0.05, 0.1) is 40.5 Å². The Bertz CT molecular complexity index is 1490. The first-order valence-corrected chi connectivity index (χ1v) is 16.0. The minimum Gasteiger partial charge on any atom is -0.497 e. The molecule has 4 N–H and O–H groups in total. The second-order valence-electron chi connectivity index (χ2n) is 11.5. The summed E-state index contributed by atoms with van der Waals surface area (Å²) in [5, 5.41) is 29.0. The molecule has 0 saturated carbocycles. The summed E-state index contributed by atoms with van der Waals surface area (Å²) in [7, 11) is 6.03. The number of amides is 2. The number of alkyl carbamates (subject to hydrolysis) is 2. The molecule has 0 fully saturated rings. The summed E-state index contributed by atoms with van der Waals surface area (Å²) in [5.74, 6) is 1.97. The Hall–Kier alpha value is -5.46. The van der Waals surface area contributed by atoms with E-state index in [0.29, 0.717) is 34.1 Å². The minimum atomic E-state index is -1.62. The number of carbonyl (C=O) groups is 2. The third kappa shape index (κ3) is 11.3. The van der Waals surface area contributed by atoms with Gasteiger partial charge in [-0.1, -0.05) is 60.7 Å². The Balaban J connectivity index is 1.61. The molecule has 0 unspecified atom stereocenters. The van der Waals surface area contributed by atoms with Crippen molar-refractivity contribution in [3.8, 4) is 23.0 Å². The Morgan fingerprint density at radius 1 is 0.520 bits per heavy atom. The van der Waals surface area contributed by atoms with Crippen molar-refractivity contribution in [3.05, 3.63) is 119 Å². The molecule has 0 radical (unpaired) electrons. The van der Waals surface area contributed by atoms with Crippen LogP contribution in [0.3, 0.4) is 0 Å². The maximum Gasteiger partial charge on any atom is 0.407 e. The van der Waals surface area contributed by atoms with Crippen LogP contribution in [-0.2, 0) is 35.5 Å². The van der Waals surface area contributed by atoms with Crippen LogP contribution in [0.15, 0.2) is 97.1 Å². The molecule has 0 aliphatic heterocycles. The summed E-state index contributed by atoms with van der Waals surface area (Å²) < 4.78 is 32.5. The van der Waals surface area contributed by atoms with E-state index < -0.39 is 36.5 Å². The average molecular weight is 689 g/mol. The average Bonchev–Trinajstić information content (AvgIpc) is 3.15. The number of methoxy groups -OCH3 is 4. The summed E-state index contributed by atoms with van der Waals surface area (Å²) in [6.45, 7) is -0.0275. The van der Waals surface area contributed by atoms with Crippen molar-refractivity contribution in [1.29, 1.82) is 0 Å². The van der Waals surface area contributed by atoms with Gasteiger partial charge in [-0.2, -0.15) is 0 Å². The summed E-state index contributed by atoms with van der Waals surface area (Å²) >= 11 is 0. The molecule has 0 heterocycles. The van der Waals surface area contributed by atoms with E-state index in [-0.39, 0.29) is 26.1 Å². The maximum atomic E-state index is 13.1. The number of hydrogen-bond acceptors (Lipinski definition) is 10. The molecule has 0 spiro atoms. The zero-order chi connectivity index (χ0) is 35.9. The number of rotatable bonds is 17. The normalized spacial score (nSPS) is 13.2. The highest BCUT2D eigenvalue weighted by atomic mass is 16.6. The third-order valence-corrected chi connectivity index (χ3v) is 7.94. The Morgan fingerprint density at radius 2 is 0.840 bits per heavy atom. The van der Waals surface area contributed by atoms with Gasteiger partial charge in [0, 0.05) is 12.1 Å². The van der Waals surface area contributed by atoms with E-state index in [4.69, 9.17) is 28.4 Å². The molecule has 4 aromatic rings. The number of aliphatic hydroxyl groups excluding tert-OH is 2. The number of aliphatic hydroxyl groups is 2. The zero-order valence-electron chi connectivity index (χ0n) is 28.5. The fourth-order valence-corrected chi connectivity index (χ4v) is 5.30. The SMILES string of the molecule is COc1cc(C[C@@H](NC(=O)OCc2ccccc2)[C@H](O)[C@@H](O)[C@@H](Cc2cc(OC)cc(OC)c2)NC(=O)OCc2ccccc2)cc(OC)c1. The third-order valence-electron chi connectivity index (χ3n) is 7.94. The Morgan fingerprint density at radius 3 is 1.14 bits per heavy atom. The molecule has 0 saturated heterocycles. The molecule has 4 aromatic carbocycles. The monoisotopic (exact) mass is 688 g/mol. The quantitative estimate of drug-likeness (QED) is 0.121. The minimum absolute atomic E-state index is 0.0138. The van der Waals surface area contributed by atoms with Crippen molar-refractivity contribution in [2.45, 2.75) is 50.3 Å². The highest BCUT2D eigenvalue weighted by molar-refractivity contribution is 5.68. The van der Waals surface area contributed by atoms with Crippen LogP contribution in [0.1, 0.15) is 22.3 Å². The Labute approximate surface area is 291 Å². The largest absolute Gasteiger partial charge is 0.497 e. The van der Waals surface area contributed by atoms with Crippen molar-refractivity contribution in [1.82, 2.24) is 10.6 Å². The first-order valence-electron chi connectivity index (χ1n) is 16.0. The molecular formula is C38H44N2O10. The first-order chi connectivity index (χ1) is 24.2. The van der Waals surface area contributed by atoms with Crippen LogP contribution in [-0.4, -0.2) is 75.1 Å². The predicted octanol–water partition coefficient (Wildman–Crippen LogP) is 4.82. The molecular weight excluding hydrogens is 644 g/mol. The molecule has 266 valence electrons. The molecule has 0 aromatic heterocycles. The number of benzene rings is 4. The van der Waals surface area contributed by atoms with E-state index in [1.165, 1.54) is 28.4 Å². The highest BCUT2D eigenvalue weighted by Crippen LogP contribution is 2.26. The number of ether oxygens (including phenoxy) is 6. The topological polar surface area (TPSA) is 154 Å². The van der Waals surface area contributed by atoms with Gasteiger partial charge in [0.15, 0.2) is 0 Å². The van der Waals surface area contributed by atoms with Gasteiger partial charge in [-0.15, -0.1) is 0 Å². The lowest BCUT2D eigenvalue weighted by Crippen LogP contribution is -2.57. The van der Waals surface area contributed by atoms with Gasteiger partial charge in [-0.05, 0) is 59.4 Å². The van der Waals surface area contributed by atoms with E-state index >= 15 is 0 Å². The van der Waals surface area contributed by atoms with Crippen molar-refractivity contribution in [2.75, 3.05) is 28.4 Å². The molecule has 0 aliphatic rings. The van der Waals surface area contributed by atoms with Gasteiger partial charge in [-0.3, -0.25) is 0 Å². The van der Waals surface area contributed by atoms with Gasteiger partial charge in [0.25, 0.3) is 0 Å². The molecule has 2 amide bonds. The van der Waals surface area contributed by atoms with Gasteiger partial charge in [0.1, 0.15) is 48.4 Å². The Kier molecular flexibility index (Phi) is 14.1. The van der Waals surface area contributed by atoms with E-state index in [1.807, 2.05) is 60.7 Å². The lowest BCUT2D eigenvalue weighted by Gasteiger charge is -2.33. The zero-order valence-corrected chi connectivity index (χ0v) is 28.5. The fraction of sp³-hybridized carbons (Fsp3) is 0.316. The van der Waals surface area contributed by atoms with Crippen LogP contribution in [0, 0.1) is 0 Å². The molecule has 50 heavy (non-hydrogen) atoms.